The Bertz CT molecular complexity index is 2490. The van der Waals surface area contributed by atoms with Crippen LogP contribution in [0.2, 0.25) is 0 Å². The van der Waals surface area contributed by atoms with Gasteiger partial charge in [-0.15, -0.1) is 22.7 Å². The van der Waals surface area contributed by atoms with E-state index < -0.39 is 0 Å². The predicted molar refractivity (Wildman–Crippen MR) is 211 cm³/mol. The average Bonchev–Trinajstić information content (AvgIpc) is 3.97. The van der Waals surface area contributed by atoms with Crippen molar-refractivity contribution < 1.29 is 4.63 Å². The Morgan fingerprint density at radius 2 is 1.18 bits per heavy atom. The van der Waals surface area contributed by atoms with E-state index in [0.717, 1.165) is 53.8 Å². The molecule has 8 rings (SSSR count). The Morgan fingerprint density at radius 3 is 1.80 bits per heavy atom. The van der Waals surface area contributed by atoms with E-state index >= 15 is 0 Å². The summed E-state index contributed by atoms with van der Waals surface area (Å²) in [7, 11) is 0. The molecule has 4 aromatic heterocycles. The van der Waals surface area contributed by atoms with E-state index in [1.807, 2.05) is 31.2 Å². The van der Waals surface area contributed by atoms with Gasteiger partial charge in [-0.25, -0.2) is 9.61 Å². The summed E-state index contributed by atoms with van der Waals surface area (Å²) in [6.45, 7) is 6.00. The lowest BCUT2D eigenvalue weighted by atomic mass is 9.99. The summed E-state index contributed by atoms with van der Waals surface area (Å²) >= 11 is 3.34. The summed E-state index contributed by atoms with van der Waals surface area (Å²) < 4.78 is 5.45. The summed E-state index contributed by atoms with van der Waals surface area (Å²) in [6, 6.07) is 44.7. The molecular weight excluding hydrogens is 651 g/mol. The fourth-order valence-corrected chi connectivity index (χ4v) is 8.12. The number of allylic oxidation sites excluding steroid dienone is 5. The van der Waals surface area contributed by atoms with E-state index in [2.05, 4.69) is 144 Å². The highest BCUT2D eigenvalue weighted by molar-refractivity contribution is 7.18. The average molecular weight is 682 g/mol. The number of pyridine rings is 1. The molecule has 0 bridgehead atoms. The molecule has 0 radical (unpaired) electrons. The van der Waals surface area contributed by atoms with Crippen molar-refractivity contribution in [2.24, 2.45) is 0 Å². The van der Waals surface area contributed by atoms with Gasteiger partial charge in [0, 0.05) is 20.9 Å². The molecule has 0 unspecified atom stereocenters. The lowest BCUT2D eigenvalue weighted by Crippen LogP contribution is -1.97. The highest BCUT2D eigenvalue weighted by Crippen LogP contribution is 2.44. The van der Waals surface area contributed by atoms with Crippen LogP contribution in [0.15, 0.2) is 168 Å². The van der Waals surface area contributed by atoms with Crippen LogP contribution < -0.4 is 0 Å². The number of rotatable bonds is 9. The molecule has 4 heterocycles. The first kappa shape index (κ1) is 31.3. The van der Waals surface area contributed by atoms with E-state index in [0.29, 0.717) is 11.0 Å². The number of fused-ring (bicyclic) bond motifs is 1. The first-order chi connectivity index (χ1) is 24.7. The van der Waals surface area contributed by atoms with Gasteiger partial charge in [-0.3, -0.25) is 0 Å². The molecule has 0 saturated carbocycles. The van der Waals surface area contributed by atoms with Crippen LogP contribution in [0, 0.1) is 0 Å². The molecule has 0 aliphatic rings. The van der Waals surface area contributed by atoms with Crippen molar-refractivity contribution >= 4 is 39.3 Å². The lowest BCUT2D eigenvalue weighted by molar-refractivity contribution is 0.315. The molecule has 4 aromatic carbocycles. The quantitative estimate of drug-likeness (QED) is 0.142. The third-order valence-corrected chi connectivity index (χ3v) is 10.7. The number of hydrogen-bond donors (Lipinski definition) is 0. The number of thiophene rings is 2. The predicted octanol–water partition coefficient (Wildman–Crippen LogP) is 12.9. The summed E-state index contributed by atoms with van der Waals surface area (Å²) in [5, 5.41) is 11.1. The minimum Gasteiger partial charge on any atom is -0.244 e. The standard InChI is InChI=1S/C44H31N3OS2/c1-3-11-35(12-4-2)41-40(39-27-36(28-49-39)33-19-17-31(18-20-33)29-13-7-5-8-14-29)43-44(47-48-46-43)42(45-41)38-26-25-37(50-38)34-23-21-32(22-24-34)30-15-9-6-10-16-30/h3-28H,1H2,2H3/b12-4-,35-11+. The van der Waals surface area contributed by atoms with Crippen molar-refractivity contribution in [1.82, 2.24) is 15.3 Å². The van der Waals surface area contributed by atoms with Gasteiger partial charge in [0.2, 0.25) is 0 Å². The van der Waals surface area contributed by atoms with Crippen LogP contribution in [0.5, 0.6) is 0 Å². The minimum absolute atomic E-state index is 0.636. The van der Waals surface area contributed by atoms with Gasteiger partial charge in [0.05, 0.1) is 10.6 Å². The van der Waals surface area contributed by atoms with Gasteiger partial charge in [-0.2, -0.15) is 0 Å². The van der Waals surface area contributed by atoms with E-state index in [9.17, 15) is 0 Å². The SMILES string of the molecule is C=C/C=C(\C=C/C)c1nc(-c2ccc(-c3ccc(-c4ccccc4)cc3)s2)c2nonc2c1-c1cc(-c2ccc(-c3ccccc3)cc2)cs1. The monoisotopic (exact) mass is 681 g/mol. The second kappa shape index (κ2) is 13.9. The minimum atomic E-state index is 0.636. The van der Waals surface area contributed by atoms with E-state index in [1.165, 1.54) is 22.3 Å². The van der Waals surface area contributed by atoms with E-state index in [-0.39, 0.29) is 0 Å². The zero-order chi connectivity index (χ0) is 33.9. The molecule has 0 aliphatic carbocycles. The molecule has 4 nitrogen and oxygen atoms in total. The van der Waals surface area contributed by atoms with Crippen LogP contribution in [0.1, 0.15) is 12.6 Å². The van der Waals surface area contributed by atoms with Gasteiger partial charge in [0.25, 0.3) is 0 Å². The van der Waals surface area contributed by atoms with Gasteiger partial charge in [-0.05, 0) is 79.8 Å². The second-order valence-electron chi connectivity index (χ2n) is 11.8. The Kier molecular flexibility index (Phi) is 8.70. The fourth-order valence-electron chi connectivity index (χ4n) is 6.16. The van der Waals surface area contributed by atoms with Crippen molar-refractivity contribution in [3.63, 3.8) is 0 Å². The topological polar surface area (TPSA) is 51.8 Å². The Balaban J connectivity index is 1.20. The number of hydrogen-bond acceptors (Lipinski definition) is 6. The Hall–Kier alpha value is -5.95. The molecule has 50 heavy (non-hydrogen) atoms. The van der Waals surface area contributed by atoms with Gasteiger partial charge >= 0.3 is 0 Å². The summed E-state index contributed by atoms with van der Waals surface area (Å²) in [5.41, 5.74) is 12.9. The number of nitrogens with zero attached hydrogens (tertiary/aromatic N) is 3. The Morgan fingerprint density at radius 1 is 0.620 bits per heavy atom. The molecule has 6 heteroatoms. The fraction of sp³-hybridized carbons (Fsp3) is 0.0227. The van der Waals surface area contributed by atoms with Crippen LogP contribution >= 0.6 is 22.7 Å². The van der Waals surface area contributed by atoms with Gasteiger partial charge in [-0.1, -0.05) is 140 Å². The molecule has 240 valence electrons. The smallest absolute Gasteiger partial charge is 0.163 e. The molecule has 8 aromatic rings. The van der Waals surface area contributed by atoms with E-state index in [4.69, 9.17) is 9.61 Å². The molecule has 0 N–H and O–H groups in total. The third-order valence-electron chi connectivity index (χ3n) is 8.61. The van der Waals surface area contributed by atoms with Crippen molar-refractivity contribution in [3.8, 4) is 64.8 Å². The molecule has 0 aliphatic heterocycles. The molecule has 0 fully saturated rings. The second-order valence-corrected chi connectivity index (χ2v) is 13.7. The zero-order valence-electron chi connectivity index (χ0n) is 27.3. The maximum atomic E-state index is 5.45. The van der Waals surface area contributed by atoms with Crippen molar-refractivity contribution in [2.45, 2.75) is 6.92 Å². The molecule has 0 saturated heterocycles. The lowest BCUT2D eigenvalue weighted by Gasteiger charge is -2.11. The first-order valence-electron chi connectivity index (χ1n) is 16.3. The van der Waals surface area contributed by atoms with Crippen LogP contribution in [0.4, 0.5) is 0 Å². The van der Waals surface area contributed by atoms with Gasteiger partial charge in [0.1, 0.15) is 11.2 Å². The maximum absolute atomic E-state index is 5.45. The molecule has 0 atom stereocenters. The summed E-state index contributed by atoms with van der Waals surface area (Å²) in [4.78, 5) is 8.50. The third kappa shape index (κ3) is 6.07. The highest BCUT2D eigenvalue weighted by atomic mass is 32.1. The van der Waals surface area contributed by atoms with Crippen LogP contribution in [0.3, 0.4) is 0 Å². The first-order valence-corrected chi connectivity index (χ1v) is 18.0. The summed E-state index contributed by atoms with van der Waals surface area (Å²) in [6.07, 6.45) is 7.85. The zero-order valence-corrected chi connectivity index (χ0v) is 28.9. The normalized spacial score (nSPS) is 11.8. The molecule has 0 spiro atoms. The van der Waals surface area contributed by atoms with E-state index in [1.54, 1.807) is 28.7 Å². The van der Waals surface area contributed by atoms with Crippen molar-refractivity contribution in [2.75, 3.05) is 0 Å². The Labute approximate surface area is 299 Å². The highest BCUT2D eigenvalue weighted by Gasteiger charge is 2.24. The van der Waals surface area contributed by atoms with Crippen LogP contribution in [0.25, 0.3) is 81.4 Å². The summed E-state index contributed by atoms with van der Waals surface area (Å²) in [5.74, 6) is 0. The van der Waals surface area contributed by atoms with Crippen molar-refractivity contribution in [1.29, 1.82) is 0 Å². The molecule has 0 amide bonds. The van der Waals surface area contributed by atoms with Crippen molar-refractivity contribution in [3.05, 3.63) is 169 Å². The molecular formula is C44H31N3OS2. The van der Waals surface area contributed by atoms with Gasteiger partial charge < -0.3 is 0 Å². The van der Waals surface area contributed by atoms with Gasteiger partial charge in [0.15, 0.2) is 5.52 Å². The van der Waals surface area contributed by atoms with Crippen LogP contribution in [-0.2, 0) is 0 Å². The maximum Gasteiger partial charge on any atom is 0.163 e. The number of benzene rings is 4. The number of aromatic nitrogens is 3. The largest absolute Gasteiger partial charge is 0.244 e. The van der Waals surface area contributed by atoms with Crippen LogP contribution in [-0.4, -0.2) is 15.3 Å².